The number of rotatable bonds is 3. The van der Waals surface area contributed by atoms with E-state index < -0.39 is 5.97 Å². The van der Waals surface area contributed by atoms with Crippen molar-refractivity contribution in [3.8, 4) is 0 Å². The van der Waals surface area contributed by atoms with Crippen LogP contribution in [0.25, 0.3) is 0 Å². The van der Waals surface area contributed by atoms with Gasteiger partial charge in [0, 0.05) is 24.4 Å². The number of nitrogens with zero attached hydrogens (tertiary/aromatic N) is 3. The van der Waals surface area contributed by atoms with Gasteiger partial charge in [0.25, 0.3) is 5.91 Å². The van der Waals surface area contributed by atoms with Gasteiger partial charge in [-0.1, -0.05) is 0 Å². The van der Waals surface area contributed by atoms with Crippen LogP contribution in [0.4, 0.5) is 0 Å². The topological polar surface area (TPSA) is 96.5 Å². The van der Waals surface area contributed by atoms with E-state index in [0.717, 1.165) is 19.2 Å². The molecule has 7 nitrogen and oxygen atoms in total. The maximum absolute atomic E-state index is 12.3. The Kier molecular flexibility index (Phi) is 3.70. The summed E-state index contributed by atoms with van der Waals surface area (Å²) < 4.78 is 9.29. The van der Waals surface area contributed by atoms with E-state index in [0.29, 0.717) is 24.5 Å². The highest BCUT2D eigenvalue weighted by atomic mass is 32.1. The number of carboxylic acids is 1. The zero-order valence-corrected chi connectivity index (χ0v) is 11.9. The molecule has 1 N–H and O–H groups in total. The van der Waals surface area contributed by atoms with Crippen LogP contribution in [0.15, 0.2) is 22.3 Å². The van der Waals surface area contributed by atoms with Gasteiger partial charge in [-0.25, -0.2) is 9.78 Å². The number of carbonyl (C=O) groups excluding carboxylic acids is 1. The predicted octanol–water partition coefficient (Wildman–Crippen LogP) is 1.85. The third-order valence-electron chi connectivity index (χ3n) is 3.53. The lowest BCUT2D eigenvalue weighted by Crippen LogP contribution is -2.39. The smallest absolute Gasteiger partial charge is 0.358 e. The van der Waals surface area contributed by atoms with Crippen LogP contribution in [0.3, 0.4) is 0 Å². The molecule has 1 aliphatic heterocycles. The molecule has 0 radical (unpaired) electrons. The maximum atomic E-state index is 12.3. The first-order valence-corrected chi connectivity index (χ1v) is 7.37. The van der Waals surface area contributed by atoms with Crippen molar-refractivity contribution in [1.82, 2.24) is 14.3 Å². The van der Waals surface area contributed by atoms with Crippen LogP contribution in [0.5, 0.6) is 0 Å². The molecule has 0 aliphatic carbocycles. The highest BCUT2D eigenvalue weighted by Crippen LogP contribution is 2.29. The molecule has 3 rings (SSSR count). The van der Waals surface area contributed by atoms with E-state index in [2.05, 4.69) is 9.36 Å². The number of aromatic nitrogens is 2. The zero-order chi connectivity index (χ0) is 14.8. The van der Waals surface area contributed by atoms with Crippen molar-refractivity contribution in [1.29, 1.82) is 0 Å². The quantitative estimate of drug-likeness (QED) is 0.929. The van der Waals surface area contributed by atoms with Crippen LogP contribution >= 0.6 is 11.5 Å². The van der Waals surface area contributed by atoms with E-state index in [-0.39, 0.29) is 17.5 Å². The van der Waals surface area contributed by atoms with Crippen LogP contribution in [0.2, 0.25) is 0 Å². The van der Waals surface area contributed by atoms with Crippen LogP contribution in [0, 0.1) is 0 Å². The van der Waals surface area contributed by atoms with Crippen molar-refractivity contribution < 1.29 is 19.1 Å². The van der Waals surface area contributed by atoms with Gasteiger partial charge < -0.3 is 14.4 Å². The molecule has 1 amide bonds. The second-order valence-corrected chi connectivity index (χ2v) is 5.51. The molecule has 0 saturated carbocycles. The SMILES string of the molecule is O=C(O)c1ncoc1C1CCCN(C(=O)c2ccsn2)C1. The molecular weight excluding hydrogens is 294 g/mol. The third-order valence-corrected chi connectivity index (χ3v) is 4.09. The van der Waals surface area contributed by atoms with E-state index in [9.17, 15) is 9.59 Å². The Hall–Kier alpha value is -2.22. The third kappa shape index (κ3) is 2.66. The summed E-state index contributed by atoms with van der Waals surface area (Å²) in [6.07, 6.45) is 2.70. The summed E-state index contributed by atoms with van der Waals surface area (Å²) in [6, 6.07) is 1.69. The Morgan fingerprint density at radius 2 is 2.33 bits per heavy atom. The van der Waals surface area contributed by atoms with Gasteiger partial charge in [0.05, 0.1) is 0 Å². The zero-order valence-electron chi connectivity index (χ0n) is 11.1. The maximum Gasteiger partial charge on any atom is 0.358 e. The van der Waals surface area contributed by atoms with Crippen molar-refractivity contribution in [3.05, 3.63) is 35.0 Å². The fourth-order valence-electron chi connectivity index (χ4n) is 2.57. The highest BCUT2D eigenvalue weighted by molar-refractivity contribution is 7.03. The van der Waals surface area contributed by atoms with E-state index in [1.54, 1.807) is 16.3 Å². The first-order chi connectivity index (χ1) is 10.2. The minimum Gasteiger partial charge on any atom is -0.476 e. The normalized spacial score (nSPS) is 18.7. The molecule has 2 aromatic rings. The molecule has 1 unspecified atom stereocenters. The summed E-state index contributed by atoms with van der Waals surface area (Å²) in [7, 11) is 0. The summed E-state index contributed by atoms with van der Waals surface area (Å²) in [6.45, 7) is 1.06. The summed E-state index contributed by atoms with van der Waals surface area (Å²) in [5.74, 6) is -1.03. The first-order valence-electron chi connectivity index (χ1n) is 6.53. The molecule has 0 spiro atoms. The summed E-state index contributed by atoms with van der Waals surface area (Å²) in [5.41, 5.74) is 0.361. The van der Waals surface area contributed by atoms with Gasteiger partial charge >= 0.3 is 5.97 Å². The van der Waals surface area contributed by atoms with Crippen molar-refractivity contribution in [2.75, 3.05) is 13.1 Å². The Bertz CT molecular complexity index is 652. The second-order valence-electron chi connectivity index (χ2n) is 4.85. The molecule has 110 valence electrons. The lowest BCUT2D eigenvalue weighted by molar-refractivity contribution is 0.0680. The number of carbonyl (C=O) groups is 2. The molecule has 1 atom stereocenters. The van der Waals surface area contributed by atoms with Gasteiger partial charge in [0.15, 0.2) is 12.1 Å². The van der Waals surface area contributed by atoms with E-state index >= 15 is 0 Å². The van der Waals surface area contributed by atoms with Crippen LogP contribution < -0.4 is 0 Å². The van der Waals surface area contributed by atoms with Crippen molar-refractivity contribution in [2.45, 2.75) is 18.8 Å². The lowest BCUT2D eigenvalue weighted by Gasteiger charge is -2.31. The molecule has 1 saturated heterocycles. The Balaban J connectivity index is 1.78. The minimum atomic E-state index is -1.11. The fraction of sp³-hybridized carbons (Fsp3) is 0.385. The van der Waals surface area contributed by atoms with Crippen LogP contribution in [0.1, 0.15) is 45.5 Å². The van der Waals surface area contributed by atoms with Gasteiger partial charge in [0.2, 0.25) is 0 Å². The summed E-state index contributed by atoms with van der Waals surface area (Å²) in [4.78, 5) is 28.8. The van der Waals surface area contributed by atoms with Gasteiger partial charge in [-0.3, -0.25) is 4.79 Å². The number of aromatic carboxylic acids is 1. The number of piperidine rings is 1. The van der Waals surface area contributed by atoms with Crippen molar-refractivity contribution >= 4 is 23.4 Å². The lowest BCUT2D eigenvalue weighted by atomic mass is 9.94. The molecule has 1 aliphatic rings. The van der Waals surface area contributed by atoms with Gasteiger partial charge in [-0.15, -0.1) is 0 Å². The first kappa shape index (κ1) is 13.7. The summed E-state index contributed by atoms with van der Waals surface area (Å²) >= 11 is 1.23. The van der Waals surface area contributed by atoms with E-state index in [1.165, 1.54) is 11.5 Å². The largest absolute Gasteiger partial charge is 0.476 e. The molecule has 2 aromatic heterocycles. The minimum absolute atomic E-state index is 0.0667. The van der Waals surface area contributed by atoms with E-state index in [4.69, 9.17) is 9.52 Å². The Morgan fingerprint density at radius 1 is 1.48 bits per heavy atom. The van der Waals surface area contributed by atoms with Crippen LogP contribution in [-0.4, -0.2) is 44.3 Å². The fourth-order valence-corrected chi connectivity index (χ4v) is 3.07. The second kappa shape index (κ2) is 5.65. The molecular formula is C13H13N3O4S. The predicted molar refractivity (Wildman–Crippen MR) is 73.5 cm³/mol. The number of likely N-dealkylation sites (tertiary alicyclic amines) is 1. The van der Waals surface area contributed by atoms with Crippen LogP contribution in [-0.2, 0) is 0 Å². The van der Waals surface area contributed by atoms with Gasteiger partial charge in [0.1, 0.15) is 11.5 Å². The molecule has 0 bridgehead atoms. The number of amides is 1. The highest BCUT2D eigenvalue weighted by Gasteiger charge is 2.31. The average molecular weight is 307 g/mol. The number of hydrogen-bond donors (Lipinski definition) is 1. The summed E-state index contributed by atoms with van der Waals surface area (Å²) in [5, 5.41) is 10.9. The van der Waals surface area contributed by atoms with Crippen molar-refractivity contribution in [2.24, 2.45) is 0 Å². The van der Waals surface area contributed by atoms with E-state index in [1.807, 2.05) is 0 Å². The Morgan fingerprint density at radius 3 is 3.05 bits per heavy atom. The number of hydrogen-bond acceptors (Lipinski definition) is 6. The Labute approximate surface area is 124 Å². The average Bonchev–Trinajstić information content (AvgIpc) is 3.17. The van der Waals surface area contributed by atoms with Gasteiger partial charge in [-0.05, 0) is 30.4 Å². The molecule has 1 fully saturated rings. The number of oxazole rings is 1. The van der Waals surface area contributed by atoms with Crippen molar-refractivity contribution in [3.63, 3.8) is 0 Å². The molecule has 0 aromatic carbocycles. The molecule has 3 heterocycles. The monoisotopic (exact) mass is 307 g/mol. The number of carboxylic acid groups (broad SMARTS) is 1. The molecule has 8 heteroatoms. The van der Waals surface area contributed by atoms with Gasteiger partial charge in [-0.2, -0.15) is 4.37 Å². The standard InChI is InChI=1S/C13H13N3O4S/c17-12(9-3-5-21-15-9)16-4-1-2-8(6-16)11-10(13(18)19)14-7-20-11/h3,5,7-8H,1-2,4,6H2,(H,18,19). The molecule has 21 heavy (non-hydrogen) atoms.